The average molecular weight is 1430 g/mol. The molecule has 0 unspecified atom stereocenters. The Hall–Kier alpha value is -8.25. The first kappa shape index (κ1) is 80.7. The number of rotatable bonds is 26. The number of hydrogen-bond acceptors (Lipinski definition) is 21. The Morgan fingerprint density at radius 3 is 1.64 bits per heavy atom. The van der Waals surface area contributed by atoms with Gasteiger partial charge in [0.1, 0.15) is 42.3 Å². The van der Waals surface area contributed by atoms with Crippen molar-refractivity contribution in [2.24, 2.45) is 5.73 Å². The topological polar surface area (TPSA) is 460 Å². The average Bonchev–Trinajstić information content (AvgIpc) is 1.47. The molecule has 31 nitrogen and oxygen atoms in total. The van der Waals surface area contributed by atoms with Gasteiger partial charge in [-0.2, -0.15) is 0 Å². The summed E-state index contributed by atoms with van der Waals surface area (Å²) in [6.07, 6.45) is -0.311. The molecule has 2 saturated heterocycles. The van der Waals surface area contributed by atoms with Crippen molar-refractivity contribution in [1.29, 1.82) is 0 Å². The molecule has 0 bridgehead atoms. The van der Waals surface area contributed by atoms with Gasteiger partial charge in [-0.3, -0.25) is 72.3 Å². The van der Waals surface area contributed by atoms with E-state index in [-0.39, 0.29) is 122 Å². The van der Waals surface area contributed by atoms with Crippen LogP contribution in [0.4, 0.5) is 0 Å². The van der Waals surface area contributed by atoms with Gasteiger partial charge in [0.2, 0.25) is 47.3 Å². The van der Waals surface area contributed by atoms with Crippen molar-refractivity contribution in [1.82, 2.24) is 67.1 Å². The quantitative estimate of drug-likeness (QED) is 0.0230. The molecule has 0 saturated carbocycles. The van der Waals surface area contributed by atoms with E-state index in [1.807, 2.05) is 12.1 Å². The zero-order chi connectivity index (χ0) is 72.7. The van der Waals surface area contributed by atoms with Crippen LogP contribution in [0.15, 0.2) is 91.1 Å². The highest BCUT2D eigenvalue weighted by molar-refractivity contribution is 8.76. The van der Waals surface area contributed by atoms with Crippen LogP contribution in [0.25, 0.3) is 10.9 Å². The third kappa shape index (κ3) is 27.7. The van der Waals surface area contributed by atoms with E-state index in [9.17, 15) is 69.0 Å². The van der Waals surface area contributed by atoms with Gasteiger partial charge < -0.3 is 83.9 Å². The monoisotopic (exact) mass is 1430 g/mol. The van der Waals surface area contributed by atoms with E-state index in [2.05, 4.69) is 47.5 Å². The molecule has 2 aliphatic heterocycles. The third-order valence-corrected chi connectivity index (χ3v) is 19.4. The Kier molecular flexibility index (Phi) is 34.0. The molecule has 2 fully saturated rings. The maximum atomic E-state index is 15.3. The van der Waals surface area contributed by atoms with E-state index >= 15 is 14.4 Å². The molecule has 2 aliphatic rings. The zero-order valence-electron chi connectivity index (χ0n) is 56.3. The number of aliphatic carboxylic acids is 3. The van der Waals surface area contributed by atoms with E-state index < -0.39 is 132 Å². The molecule has 6 rings (SSSR count). The Labute approximate surface area is 588 Å². The molecule has 548 valence electrons. The van der Waals surface area contributed by atoms with E-state index in [1.165, 1.54) is 13.8 Å². The Bertz CT molecular complexity index is 3340. The van der Waals surface area contributed by atoms with Crippen molar-refractivity contribution in [3.05, 3.63) is 108 Å². The SMILES string of the molecule is C[C@@H](O)[C@@H]1NC(=O)[C@H](CCCCN)NC(=O)[C@@H](Cc2c[nH]c3ccccc23)NC(=O)[C@@H](Cc2ccccc2)NC(=O)[C@@H](NC(=O)[C@@H](Cc2ccccc2)NC(=O)CN2CCCN(CC(=O)O)CCN(CC(=O)O)CCCN(CC(=O)O)CC2)CSSC[C@@H](C(=O)N[C@H](CO)[C@@H](C)O)NC1=O. The third-order valence-electron chi connectivity index (χ3n) is 17.0. The van der Waals surface area contributed by atoms with Crippen LogP contribution in [-0.4, -0.2) is 284 Å². The Balaban J connectivity index is 1.38. The first-order valence-electron chi connectivity index (χ1n) is 33.4. The van der Waals surface area contributed by atoms with Crippen molar-refractivity contribution in [3.63, 3.8) is 0 Å². The fourth-order valence-electron chi connectivity index (χ4n) is 11.5. The maximum absolute atomic E-state index is 15.3. The van der Waals surface area contributed by atoms with Crippen molar-refractivity contribution in [3.8, 4) is 0 Å². The van der Waals surface area contributed by atoms with Gasteiger partial charge in [-0.15, -0.1) is 0 Å². The van der Waals surface area contributed by atoms with Crippen LogP contribution in [0.1, 0.15) is 62.6 Å². The fraction of sp³-hybridized carbons (Fsp3) is 0.537. The number of aromatic amines is 1. The number of fused-ring (bicyclic) bond motifs is 1. The van der Waals surface area contributed by atoms with E-state index in [0.29, 0.717) is 53.3 Å². The number of nitrogens with zero attached hydrogens (tertiary/aromatic N) is 4. The second-order valence-electron chi connectivity index (χ2n) is 25.0. The van der Waals surface area contributed by atoms with Gasteiger partial charge in [0.05, 0.1) is 51.0 Å². The minimum atomic E-state index is -1.75. The summed E-state index contributed by atoms with van der Waals surface area (Å²) in [5, 5.41) is 83.3. The number of nitrogens with one attached hydrogen (secondary N) is 9. The number of nitrogens with two attached hydrogens (primary N) is 1. The minimum absolute atomic E-state index is 0.0305. The number of H-pyrrole nitrogens is 1. The van der Waals surface area contributed by atoms with Crippen LogP contribution in [0.5, 0.6) is 0 Å². The number of carbonyl (C=O) groups excluding carboxylic acids is 8. The summed E-state index contributed by atoms with van der Waals surface area (Å²) in [6, 6.07) is 12.7. The lowest BCUT2D eigenvalue weighted by Gasteiger charge is -2.31. The van der Waals surface area contributed by atoms with Crippen LogP contribution in [-0.2, 0) is 72.0 Å². The number of carbonyl (C=O) groups is 11. The predicted molar refractivity (Wildman–Crippen MR) is 374 cm³/mol. The lowest BCUT2D eigenvalue weighted by Crippen LogP contribution is -2.62. The number of aliphatic hydroxyl groups is 3. The Morgan fingerprint density at radius 1 is 0.580 bits per heavy atom. The second kappa shape index (κ2) is 42.1. The molecule has 0 spiro atoms. The highest BCUT2D eigenvalue weighted by Crippen LogP contribution is 2.25. The van der Waals surface area contributed by atoms with Crippen LogP contribution >= 0.6 is 21.6 Å². The van der Waals surface area contributed by atoms with Crippen LogP contribution in [0, 0.1) is 0 Å². The van der Waals surface area contributed by atoms with Gasteiger partial charge in [0.15, 0.2) is 0 Å². The molecular formula is C67H96N14O17S2. The van der Waals surface area contributed by atoms with Gasteiger partial charge in [-0.1, -0.05) is 100 Å². The summed E-state index contributed by atoms with van der Waals surface area (Å²) in [5.41, 5.74) is 8.30. The number of carboxylic acids is 3. The molecule has 10 atom stereocenters. The first-order chi connectivity index (χ1) is 47.9. The van der Waals surface area contributed by atoms with Crippen molar-refractivity contribution in [2.75, 3.05) is 103 Å². The minimum Gasteiger partial charge on any atom is -0.480 e. The largest absolute Gasteiger partial charge is 0.480 e. The van der Waals surface area contributed by atoms with Crippen molar-refractivity contribution < 1.29 is 83.4 Å². The lowest BCUT2D eigenvalue weighted by atomic mass is 10.0. The molecule has 8 amide bonds. The highest BCUT2D eigenvalue weighted by Gasteiger charge is 2.37. The fourth-order valence-corrected chi connectivity index (χ4v) is 13.8. The second-order valence-corrected chi connectivity index (χ2v) is 27.5. The number of benzene rings is 3. The number of hydrogen-bond donors (Lipinski definition) is 16. The smallest absolute Gasteiger partial charge is 0.317 e. The number of amides is 8. The first-order valence-corrected chi connectivity index (χ1v) is 35.9. The maximum Gasteiger partial charge on any atom is 0.317 e. The molecule has 3 heterocycles. The summed E-state index contributed by atoms with van der Waals surface area (Å²) in [5.74, 6) is -11.0. The number of carboxylic acid groups (broad SMARTS) is 3. The van der Waals surface area contributed by atoms with E-state index in [4.69, 9.17) is 5.73 Å². The summed E-state index contributed by atoms with van der Waals surface area (Å²) >= 11 is 0. The van der Waals surface area contributed by atoms with Crippen molar-refractivity contribution in [2.45, 2.75) is 126 Å². The molecule has 4 aromatic rings. The summed E-state index contributed by atoms with van der Waals surface area (Å²) in [7, 11) is 1.88. The zero-order valence-corrected chi connectivity index (χ0v) is 57.9. The normalized spacial score (nSPS) is 22.2. The van der Waals surface area contributed by atoms with Gasteiger partial charge in [0.25, 0.3) is 0 Å². The van der Waals surface area contributed by atoms with Crippen LogP contribution in [0.3, 0.4) is 0 Å². The van der Waals surface area contributed by atoms with E-state index in [1.54, 1.807) is 98.6 Å². The number of aliphatic hydroxyl groups excluding tert-OH is 3. The Morgan fingerprint density at radius 2 is 1.09 bits per heavy atom. The molecule has 0 radical (unpaired) electrons. The number of unbranched alkanes of at least 4 members (excludes halogenated alkanes) is 1. The molecule has 100 heavy (non-hydrogen) atoms. The van der Waals surface area contributed by atoms with Crippen LogP contribution in [0.2, 0.25) is 0 Å². The van der Waals surface area contributed by atoms with Gasteiger partial charge in [0, 0.05) is 93.7 Å². The van der Waals surface area contributed by atoms with Gasteiger partial charge in [-0.05, 0) is 81.8 Å². The van der Waals surface area contributed by atoms with Gasteiger partial charge in [-0.25, -0.2) is 0 Å². The van der Waals surface area contributed by atoms with Crippen LogP contribution < -0.4 is 48.3 Å². The standard InChI is InChI=1S/C67H96N14O17S2/c1-42(83)53(39-82)74-66(97)55-41-100-99-40-54(75-62(93)50(31-44-15-5-3-6-16-44)70-56(85)35-78-23-13-24-80(37-58(88)89)29-30-81(38-59(90)91)26-14-25-79(28-27-78)36-57(86)87)65(96)72-51(32-45-17-7-4-8-18-45)63(94)73-52(33-46-34-69-48-20-10-9-19-47(46)48)64(95)71-49(21-11-12-22-68)61(92)77-60(43(2)84)67(98)76-55/h3-10,15-20,34,42-43,49-55,60,69,82-84H,11-14,21-33,35-41,68H2,1-2H3,(H,70,85)(H,71,95)(H,72,96)(H,73,94)(H,74,97)(H,75,93)(H,76,98)(H,77,92)(H,86,87)(H,88,89)(H,90,91)/t42-,43-,49+,50-,51-,52-,53-,54+,55+,60+/m1/s1. The van der Waals surface area contributed by atoms with Gasteiger partial charge >= 0.3 is 17.9 Å². The van der Waals surface area contributed by atoms with E-state index in [0.717, 1.165) is 21.6 Å². The molecule has 33 heteroatoms. The molecule has 17 N–H and O–H groups in total. The predicted octanol–water partition coefficient (Wildman–Crippen LogP) is -2.39. The highest BCUT2D eigenvalue weighted by atomic mass is 33.1. The summed E-state index contributed by atoms with van der Waals surface area (Å²) < 4.78 is 0. The summed E-state index contributed by atoms with van der Waals surface area (Å²) in [4.78, 5) is 164. The molecule has 0 aliphatic carbocycles. The van der Waals surface area contributed by atoms with Crippen molar-refractivity contribution >= 4 is 97.7 Å². The molecule has 3 aromatic carbocycles. The molecular weight excluding hydrogens is 1340 g/mol. The number of aromatic nitrogens is 1. The molecule has 1 aromatic heterocycles. The lowest BCUT2D eigenvalue weighted by molar-refractivity contribution is -0.140. The summed E-state index contributed by atoms with van der Waals surface area (Å²) in [6.45, 7) is 2.36. The number of para-hydroxylation sites is 1.